The summed E-state index contributed by atoms with van der Waals surface area (Å²) in [7, 11) is 1.71. The van der Waals surface area contributed by atoms with Crippen LogP contribution in [0.15, 0.2) is 53.4 Å². The third-order valence-corrected chi connectivity index (χ3v) is 9.04. The van der Waals surface area contributed by atoms with Crippen LogP contribution in [0.5, 0.6) is 11.5 Å². The molecule has 0 amide bonds. The molecule has 0 fully saturated rings. The number of fused-ring (bicyclic) bond motifs is 2. The topological polar surface area (TPSA) is 65.0 Å². The van der Waals surface area contributed by atoms with Crippen molar-refractivity contribution < 1.29 is 24.1 Å². The van der Waals surface area contributed by atoms with E-state index in [1.165, 1.54) is 33.4 Å². The Balaban J connectivity index is 1.41. The van der Waals surface area contributed by atoms with Crippen molar-refractivity contribution in [3.63, 3.8) is 0 Å². The summed E-state index contributed by atoms with van der Waals surface area (Å²) in [6, 6.07) is 17.2. The van der Waals surface area contributed by atoms with E-state index in [-0.39, 0.29) is 18.4 Å². The van der Waals surface area contributed by atoms with Gasteiger partial charge in [-0.05, 0) is 103 Å². The van der Waals surface area contributed by atoms with Gasteiger partial charge in [0.05, 0.1) is 13.0 Å². The lowest BCUT2D eigenvalue weighted by Gasteiger charge is -2.23. The molecular weight excluding hydrogens is 508 g/mol. The Labute approximate surface area is 235 Å². The molecule has 3 aromatic rings. The van der Waals surface area contributed by atoms with Crippen molar-refractivity contribution in [2.45, 2.75) is 69.3 Å². The predicted molar refractivity (Wildman–Crippen MR) is 156 cm³/mol. The van der Waals surface area contributed by atoms with Gasteiger partial charge in [0, 0.05) is 36.7 Å². The van der Waals surface area contributed by atoms with Crippen molar-refractivity contribution in [3.8, 4) is 22.6 Å². The zero-order chi connectivity index (χ0) is 27.4. The van der Waals surface area contributed by atoms with Gasteiger partial charge in [-0.15, -0.1) is 11.8 Å². The quantitative estimate of drug-likeness (QED) is 0.206. The first-order valence-electron chi connectivity index (χ1n) is 13.9. The monoisotopic (exact) mass is 546 g/mol. The van der Waals surface area contributed by atoms with Gasteiger partial charge in [0.25, 0.3) is 0 Å². The number of carboxylic acid groups (broad SMARTS) is 1. The molecular formula is C33H38O5S. The molecule has 5 rings (SSSR count). The van der Waals surface area contributed by atoms with Crippen LogP contribution in [0.3, 0.4) is 0 Å². The minimum atomic E-state index is -0.741. The molecule has 2 atom stereocenters. The zero-order valence-electron chi connectivity index (χ0n) is 23.1. The van der Waals surface area contributed by atoms with Crippen LogP contribution in [0.1, 0.15) is 71.9 Å². The molecule has 6 heteroatoms. The van der Waals surface area contributed by atoms with E-state index in [1.54, 1.807) is 18.9 Å². The lowest BCUT2D eigenvalue weighted by atomic mass is 9.87. The largest absolute Gasteiger partial charge is 0.493 e. The fourth-order valence-corrected chi connectivity index (χ4v) is 7.31. The van der Waals surface area contributed by atoms with Crippen LogP contribution in [0.25, 0.3) is 11.1 Å². The second-order valence-electron chi connectivity index (χ2n) is 10.7. The van der Waals surface area contributed by atoms with E-state index in [4.69, 9.17) is 14.2 Å². The lowest BCUT2D eigenvalue weighted by molar-refractivity contribution is -0.137. The van der Waals surface area contributed by atoms with Crippen LogP contribution in [0, 0.1) is 13.8 Å². The molecule has 0 spiro atoms. The Morgan fingerprint density at radius 1 is 1.00 bits per heavy atom. The first kappa shape index (κ1) is 27.6. The highest BCUT2D eigenvalue weighted by molar-refractivity contribution is 7.99. The van der Waals surface area contributed by atoms with Crippen LogP contribution in [-0.4, -0.2) is 37.2 Å². The molecule has 1 heterocycles. The number of carbonyl (C=O) groups is 1. The Morgan fingerprint density at radius 2 is 1.82 bits per heavy atom. The second kappa shape index (κ2) is 12.5. The van der Waals surface area contributed by atoms with Gasteiger partial charge < -0.3 is 19.3 Å². The third kappa shape index (κ3) is 6.28. The zero-order valence-corrected chi connectivity index (χ0v) is 23.9. The normalized spacial score (nSPS) is 18.2. The summed E-state index contributed by atoms with van der Waals surface area (Å²) >= 11 is 1.74. The maximum Gasteiger partial charge on any atom is 0.303 e. The van der Waals surface area contributed by atoms with Crippen LogP contribution in [0.2, 0.25) is 0 Å². The van der Waals surface area contributed by atoms with Gasteiger partial charge in [0.1, 0.15) is 17.6 Å². The molecule has 206 valence electrons. The molecule has 3 aromatic carbocycles. The van der Waals surface area contributed by atoms with Gasteiger partial charge in [0.2, 0.25) is 0 Å². The number of benzene rings is 3. The molecule has 1 aliphatic heterocycles. The van der Waals surface area contributed by atoms with Crippen LogP contribution >= 0.6 is 11.8 Å². The summed E-state index contributed by atoms with van der Waals surface area (Å²) in [5.41, 5.74) is 8.82. The number of hydrogen-bond acceptors (Lipinski definition) is 5. The van der Waals surface area contributed by atoms with E-state index in [0.717, 1.165) is 59.8 Å². The predicted octanol–water partition coefficient (Wildman–Crippen LogP) is 7.90. The summed E-state index contributed by atoms with van der Waals surface area (Å²) < 4.78 is 17.8. The molecule has 1 aliphatic carbocycles. The summed E-state index contributed by atoms with van der Waals surface area (Å²) in [6.45, 7) is 5.70. The Kier molecular flexibility index (Phi) is 8.83. The molecule has 1 N–H and O–H groups in total. The molecule has 0 bridgehead atoms. The molecule has 0 unspecified atom stereocenters. The molecule has 0 aromatic heterocycles. The van der Waals surface area contributed by atoms with Gasteiger partial charge in [-0.2, -0.15) is 0 Å². The van der Waals surface area contributed by atoms with Gasteiger partial charge in [-0.3, -0.25) is 4.79 Å². The minimum absolute atomic E-state index is 0.00859. The molecule has 2 aliphatic rings. The number of methoxy groups -OCH3 is 1. The lowest BCUT2D eigenvalue weighted by Crippen LogP contribution is -2.10. The Bertz CT molecular complexity index is 1310. The average Bonchev–Trinajstić information content (AvgIpc) is 3.17. The van der Waals surface area contributed by atoms with Crippen molar-refractivity contribution in [2.24, 2.45) is 0 Å². The molecule has 0 saturated carbocycles. The number of hydrogen-bond donors (Lipinski definition) is 1. The average molecular weight is 547 g/mol. The van der Waals surface area contributed by atoms with Gasteiger partial charge in [0.15, 0.2) is 0 Å². The minimum Gasteiger partial charge on any atom is -0.493 e. The Hall–Kier alpha value is -2.96. The van der Waals surface area contributed by atoms with Crippen molar-refractivity contribution in [1.82, 2.24) is 0 Å². The van der Waals surface area contributed by atoms with Gasteiger partial charge in [-0.25, -0.2) is 0 Å². The van der Waals surface area contributed by atoms with Crippen molar-refractivity contribution in [3.05, 3.63) is 76.3 Å². The Morgan fingerprint density at radius 3 is 2.59 bits per heavy atom. The summed E-state index contributed by atoms with van der Waals surface area (Å²) in [6.07, 6.45) is 5.32. The van der Waals surface area contributed by atoms with Crippen molar-refractivity contribution >= 4 is 17.7 Å². The first-order chi connectivity index (χ1) is 18.9. The van der Waals surface area contributed by atoms with Crippen LogP contribution < -0.4 is 9.47 Å². The highest BCUT2D eigenvalue weighted by atomic mass is 32.2. The van der Waals surface area contributed by atoms with Gasteiger partial charge >= 0.3 is 5.97 Å². The standard InChI is InChI=1S/C33H38O5S/c1-21-16-25(37-15-7-14-36-3)17-22(2)33(21)29-10-6-9-28-27(29)8-4-5-11-30(28)38-24-12-13-26-23(18-32(34)35)20-39-31(26)19-24/h6,9-10,12-13,16-17,19,23,30H,4-5,7-8,11,14-15,18,20H2,1-3H3,(H,34,35)/t23-,30+/m1/s1. The number of rotatable bonds is 10. The maximum atomic E-state index is 11.3. The summed E-state index contributed by atoms with van der Waals surface area (Å²) in [5, 5.41) is 9.25. The molecule has 0 radical (unpaired) electrons. The number of ether oxygens (including phenoxy) is 3. The van der Waals surface area contributed by atoms with E-state index < -0.39 is 5.97 Å². The van der Waals surface area contributed by atoms with Crippen LogP contribution in [-0.2, 0) is 16.0 Å². The number of thioether (sulfide) groups is 1. The van der Waals surface area contributed by atoms with Gasteiger partial charge in [-0.1, -0.05) is 24.3 Å². The number of carboxylic acids is 1. The third-order valence-electron chi connectivity index (χ3n) is 7.80. The fraction of sp³-hybridized carbons (Fsp3) is 0.424. The summed E-state index contributed by atoms with van der Waals surface area (Å²) in [5.74, 6) is 1.92. The second-order valence-corrected chi connectivity index (χ2v) is 11.7. The SMILES string of the molecule is COCCCOc1cc(C)c(-c2cccc3c2CCCC[C@@H]3Oc2ccc3c(c2)SC[C@H]3CC(=O)O)c(C)c1. The van der Waals surface area contributed by atoms with Crippen molar-refractivity contribution in [1.29, 1.82) is 0 Å². The fourth-order valence-electron chi connectivity index (χ4n) is 6.03. The van der Waals surface area contributed by atoms with E-state index in [0.29, 0.717) is 13.2 Å². The van der Waals surface area contributed by atoms with E-state index in [9.17, 15) is 9.90 Å². The van der Waals surface area contributed by atoms with Crippen molar-refractivity contribution in [2.75, 3.05) is 26.1 Å². The van der Waals surface area contributed by atoms with E-state index in [1.807, 2.05) is 6.07 Å². The van der Waals surface area contributed by atoms with Crippen LogP contribution in [0.4, 0.5) is 0 Å². The van der Waals surface area contributed by atoms with E-state index >= 15 is 0 Å². The summed E-state index contributed by atoms with van der Waals surface area (Å²) in [4.78, 5) is 12.4. The van der Waals surface area contributed by atoms with E-state index in [2.05, 4.69) is 56.3 Å². The smallest absolute Gasteiger partial charge is 0.303 e. The maximum absolute atomic E-state index is 11.3. The molecule has 0 saturated heterocycles. The number of aryl methyl sites for hydroxylation is 2. The first-order valence-corrected chi connectivity index (χ1v) is 14.9. The molecule has 39 heavy (non-hydrogen) atoms. The molecule has 5 nitrogen and oxygen atoms in total. The highest BCUT2D eigenvalue weighted by Gasteiger charge is 2.27. The number of aliphatic carboxylic acids is 1. The highest BCUT2D eigenvalue weighted by Crippen LogP contribution is 2.45.